The maximum absolute atomic E-state index is 12.8. The zero-order valence-corrected chi connectivity index (χ0v) is 15.8. The van der Waals surface area contributed by atoms with Crippen molar-refractivity contribution in [2.24, 2.45) is 0 Å². The zero-order valence-electron chi connectivity index (χ0n) is 15.8. The summed E-state index contributed by atoms with van der Waals surface area (Å²) in [4.78, 5) is 14.4. The number of aliphatic hydroxyl groups is 2. The van der Waals surface area contributed by atoms with Crippen LogP contribution >= 0.6 is 0 Å². The molecule has 4 nitrogen and oxygen atoms in total. The summed E-state index contributed by atoms with van der Waals surface area (Å²) >= 11 is 0. The fourth-order valence-electron chi connectivity index (χ4n) is 3.56. The maximum atomic E-state index is 12.8. The number of rotatable bonds is 7. The second kappa shape index (κ2) is 9.31. The summed E-state index contributed by atoms with van der Waals surface area (Å²) in [5.41, 5.74) is 2.46. The highest BCUT2D eigenvalue weighted by Gasteiger charge is 2.35. The zero-order chi connectivity index (χ0) is 19.9. The van der Waals surface area contributed by atoms with E-state index in [2.05, 4.69) is 0 Å². The van der Waals surface area contributed by atoms with Gasteiger partial charge in [-0.15, -0.1) is 0 Å². The van der Waals surface area contributed by atoms with E-state index in [-0.39, 0.29) is 6.04 Å². The van der Waals surface area contributed by atoms with Gasteiger partial charge in [-0.05, 0) is 23.6 Å². The van der Waals surface area contributed by atoms with E-state index >= 15 is 0 Å². The Kier molecular flexibility index (Phi) is 6.58. The lowest BCUT2D eigenvalue weighted by molar-refractivity contribution is -0.143. The number of carbonyl (C=O) groups excluding carboxylic acids is 1. The molecule has 0 unspecified atom stereocenters. The molecular weight excluding hydrogens is 350 g/mol. The summed E-state index contributed by atoms with van der Waals surface area (Å²) in [6.45, 7) is 1.29. The van der Waals surface area contributed by atoms with Crippen molar-refractivity contribution in [2.45, 2.75) is 25.1 Å². The molecule has 0 radical (unpaired) electrons. The monoisotopic (exact) mass is 375 g/mol. The van der Waals surface area contributed by atoms with Crippen molar-refractivity contribution < 1.29 is 15.0 Å². The maximum Gasteiger partial charge on any atom is 0.249 e. The summed E-state index contributed by atoms with van der Waals surface area (Å²) in [5, 5.41) is 20.9. The molecule has 144 valence electrons. The molecule has 3 aromatic carbocycles. The molecule has 4 heteroatoms. The molecule has 0 saturated carbocycles. The van der Waals surface area contributed by atoms with Crippen LogP contribution in [0, 0.1) is 0 Å². The van der Waals surface area contributed by atoms with E-state index in [1.54, 1.807) is 4.90 Å². The summed E-state index contributed by atoms with van der Waals surface area (Å²) < 4.78 is 0. The Labute approximate surface area is 165 Å². The van der Waals surface area contributed by atoms with Crippen molar-refractivity contribution in [1.82, 2.24) is 4.90 Å². The summed E-state index contributed by atoms with van der Waals surface area (Å²) in [6, 6.07) is 27.4. The number of benzene rings is 3. The molecule has 0 aliphatic rings. The van der Waals surface area contributed by atoms with E-state index in [0.29, 0.717) is 5.56 Å². The predicted octanol–water partition coefficient (Wildman–Crippen LogP) is 4.04. The lowest BCUT2D eigenvalue weighted by atomic mass is 9.92. The molecule has 0 aliphatic carbocycles. The predicted molar refractivity (Wildman–Crippen MR) is 109 cm³/mol. The van der Waals surface area contributed by atoms with Crippen LogP contribution in [0.5, 0.6) is 0 Å². The van der Waals surface area contributed by atoms with Gasteiger partial charge in [0.1, 0.15) is 12.7 Å². The van der Waals surface area contributed by atoms with Crippen LogP contribution in [0.2, 0.25) is 0 Å². The summed E-state index contributed by atoms with van der Waals surface area (Å²) in [7, 11) is 0. The Morgan fingerprint density at radius 2 is 1.21 bits per heavy atom. The van der Waals surface area contributed by atoms with Crippen molar-refractivity contribution in [3.63, 3.8) is 0 Å². The van der Waals surface area contributed by atoms with E-state index < -0.39 is 24.7 Å². The average molecular weight is 375 g/mol. The largest absolute Gasteiger partial charge is 0.387 e. The van der Waals surface area contributed by atoms with Crippen LogP contribution in [0.4, 0.5) is 0 Å². The fourth-order valence-corrected chi connectivity index (χ4v) is 3.56. The van der Waals surface area contributed by atoms with Gasteiger partial charge in [-0.1, -0.05) is 91.0 Å². The van der Waals surface area contributed by atoms with Gasteiger partial charge in [-0.3, -0.25) is 4.79 Å². The first-order chi connectivity index (χ1) is 13.6. The normalized spacial score (nSPS) is 14.1. The number of amides is 1. The molecule has 28 heavy (non-hydrogen) atoms. The van der Waals surface area contributed by atoms with Crippen molar-refractivity contribution in [1.29, 1.82) is 0 Å². The lowest BCUT2D eigenvalue weighted by Crippen LogP contribution is -2.41. The van der Waals surface area contributed by atoms with E-state index in [0.717, 1.165) is 11.1 Å². The molecular formula is C24H25NO3. The van der Waals surface area contributed by atoms with Crippen molar-refractivity contribution in [2.75, 3.05) is 6.61 Å². The van der Waals surface area contributed by atoms with Crippen molar-refractivity contribution >= 4 is 5.91 Å². The highest BCUT2D eigenvalue weighted by Crippen LogP contribution is 2.39. The minimum Gasteiger partial charge on any atom is -0.387 e. The van der Waals surface area contributed by atoms with Crippen LogP contribution in [0.1, 0.15) is 41.8 Å². The third-order valence-corrected chi connectivity index (χ3v) is 5.00. The SMILES string of the molecule is C[C@H](c1ccccc1)N(C(=O)CO)[C@@H](c1ccccc1)[C@H](O)c1ccccc1. The second-order valence-corrected chi connectivity index (χ2v) is 6.76. The number of carbonyl (C=O) groups is 1. The van der Waals surface area contributed by atoms with Gasteiger partial charge in [0.05, 0.1) is 12.1 Å². The van der Waals surface area contributed by atoms with Gasteiger partial charge >= 0.3 is 0 Å². The molecule has 0 fully saturated rings. The Balaban J connectivity index is 2.10. The summed E-state index contributed by atoms with van der Waals surface area (Å²) in [5.74, 6) is -0.430. The van der Waals surface area contributed by atoms with Gasteiger partial charge in [0.15, 0.2) is 0 Å². The molecule has 0 aromatic heterocycles. The standard InChI is InChI=1S/C24H25NO3/c1-18(19-11-5-2-6-12-19)25(22(27)17-26)23(20-13-7-3-8-14-20)24(28)21-15-9-4-10-16-21/h2-16,18,23-24,26,28H,17H2,1H3/t18-,23+,24-/m1/s1. The molecule has 3 rings (SSSR count). The van der Waals surface area contributed by atoms with Crippen LogP contribution in [0.25, 0.3) is 0 Å². The van der Waals surface area contributed by atoms with Gasteiger partial charge in [-0.2, -0.15) is 0 Å². The van der Waals surface area contributed by atoms with E-state index in [9.17, 15) is 15.0 Å². The van der Waals surface area contributed by atoms with Gasteiger partial charge in [0.25, 0.3) is 0 Å². The first kappa shape index (κ1) is 19.8. The summed E-state index contributed by atoms with van der Waals surface area (Å²) in [6.07, 6.45) is -0.940. The molecule has 0 heterocycles. The van der Waals surface area contributed by atoms with Crippen LogP contribution in [-0.4, -0.2) is 27.6 Å². The Morgan fingerprint density at radius 3 is 1.68 bits per heavy atom. The first-order valence-corrected chi connectivity index (χ1v) is 9.38. The van der Waals surface area contributed by atoms with Gasteiger partial charge in [0, 0.05) is 0 Å². The van der Waals surface area contributed by atoms with Crippen LogP contribution in [0.3, 0.4) is 0 Å². The molecule has 3 aromatic rings. The molecule has 0 spiro atoms. The Hall–Kier alpha value is -2.95. The number of hydrogen-bond donors (Lipinski definition) is 2. The first-order valence-electron chi connectivity index (χ1n) is 9.38. The van der Waals surface area contributed by atoms with Crippen molar-refractivity contribution in [3.8, 4) is 0 Å². The van der Waals surface area contributed by atoms with E-state index in [1.807, 2.05) is 97.9 Å². The lowest BCUT2D eigenvalue weighted by Gasteiger charge is -2.39. The molecule has 2 N–H and O–H groups in total. The van der Waals surface area contributed by atoms with Gasteiger partial charge in [0.2, 0.25) is 5.91 Å². The molecule has 0 saturated heterocycles. The third kappa shape index (κ3) is 4.30. The third-order valence-electron chi connectivity index (χ3n) is 5.00. The number of hydrogen-bond acceptors (Lipinski definition) is 3. The topological polar surface area (TPSA) is 60.8 Å². The minimum absolute atomic E-state index is 0.329. The smallest absolute Gasteiger partial charge is 0.249 e. The Bertz CT molecular complexity index is 868. The fraction of sp³-hybridized carbons (Fsp3) is 0.208. The second-order valence-electron chi connectivity index (χ2n) is 6.76. The minimum atomic E-state index is -0.940. The molecule has 0 aliphatic heterocycles. The Morgan fingerprint density at radius 1 is 0.786 bits per heavy atom. The molecule has 0 bridgehead atoms. The number of nitrogens with zero attached hydrogens (tertiary/aromatic N) is 1. The average Bonchev–Trinajstić information content (AvgIpc) is 2.78. The van der Waals surface area contributed by atoms with Crippen LogP contribution < -0.4 is 0 Å². The number of aliphatic hydroxyl groups excluding tert-OH is 2. The quantitative estimate of drug-likeness (QED) is 0.655. The highest BCUT2D eigenvalue weighted by atomic mass is 16.3. The molecule has 3 atom stereocenters. The van der Waals surface area contributed by atoms with Crippen molar-refractivity contribution in [3.05, 3.63) is 108 Å². The highest BCUT2D eigenvalue weighted by molar-refractivity contribution is 5.78. The van der Waals surface area contributed by atoms with Gasteiger partial charge < -0.3 is 15.1 Å². The van der Waals surface area contributed by atoms with E-state index in [4.69, 9.17) is 0 Å². The van der Waals surface area contributed by atoms with Crippen LogP contribution in [0.15, 0.2) is 91.0 Å². The van der Waals surface area contributed by atoms with Crippen LogP contribution in [-0.2, 0) is 4.79 Å². The molecule has 1 amide bonds. The van der Waals surface area contributed by atoms with Gasteiger partial charge in [-0.25, -0.2) is 0 Å². The van der Waals surface area contributed by atoms with E-state index in [1.165, 1.54) is 0 Å².